The third-order valence-electron chi connectivity index (χ3n) is 3.45. The van der Waals surface area contributed by atoms with E-state index in [1.165, 1.54) is 0 Å². The van der Waals surface area contributed by atoms with E-state index in [4.69, 9.17) is 14.1 Å². The summed E-state index contributed by atoms with van der Waals surface area (Å²) >= 11 is 0. The molecule has 0 aliphatic heterocycles. The van der Waals surface area contributed by atoms with E-state index in [1.54, 1.807) is 13.3 Å². The van der Waals surface area contributed by atoms with Crippen LogP contribution >= 0.6 is 0 Å². The molecule has 24 heavy (non-hydrogen) atoms. The van der Waals surface area contributed by atoms with E-state index < -0.39 is 0 Å². The molecule has 2 aromatic carbocycles. The Morgan fingerprint density at radius 1 is 1.12 bits per heavy atom. The quantitative estimate of drug-likeness (QED) is 0.512. The van der Waals surface area contributed by atoms with Gasteiger partial charge in [-0.1, -0.05) is 46.7 Å². The van der Waals surface area contributed by atoms with Crippen molar-refractivity contribution in [3.63, 3.8) is 0 Å². The first-order chi connectivity index (χ1) is 11.8. The van der Waals surface area contributed by atoms with E-state index >= 15 is 0 Å². The molecule has 0 atom stereocenters. The summed E-state index contributed by atoms with van der Waals surface area (Å²) in [6.45, 7) is 2.10. The van der Waals surface area contributed by atoms with E-state index in [0.717, 1.165) is 22.4 Å². The van der Waals surface area contributed by atoms with Crippen molar-refractivity contribution in [2.45, 2.75) is 13.5 Å². The highest BCUT2D eigenvalue weighted by molar-refractivity contribution is 5.82. The third-order valence-corrected chi connectivity index (χ3v) is 3.45. The predicted molar refractivity (Wildman–Crippen MR) is 89.8 cm³/mol. The average molecular weight is 323 g/mol. The van der Waals surface area contributed by atoms with Crippen LogP contribution in [0.2, 0.25) is 0 Å². The number of para-hydroxylation sites is 1. The molecule has 3 rings (SSSR count). The Hall–Kier alpha value is -3.15. The second kappa shape index (κ2) is 7.41. The number of hydrogen-bond acceptors (Lipinski definition) is 6. The summed E-state index contributed by atoms with van der Waals surface area (Å²) in [4.78, 5) is 9.54. The molecule has 0 bridgehead atoms. The van der Waals surface area contributed by atoms with Crippen LogP contribution in [0.4, 0.5) is 0 Å². The Bertz CT molecular complexity index is 843. The topological polar surface area (TPSA) is 69.7 Å². The monoisotopic (exact) mass is 323 g/mol. The maximum atomic E-state index is 5.24. The number of hydrogen-bond donors (Lipinski definition) is 0. The van der Waals surface area contributed by atoms with Crippen LogP contribution in [0.15, 0.2) is 58.2 Å². The van der Waals surface area contributed by atoms with Gasteiger partial charge in [0.05, 0.1) is 13.3 Å². The summed E-state index contributed by atoms with van der Waals surface area (Å²) in [7, 11) is 1.61. The first-order valence-electron chi connectivity index (χ1n) is 7.45. The van der Waals surface area contributed by atoms with Crippen molar-refractivity contribution in [1.29, 1.82) is 0 Å². The molecule has 0 aliphatic rings. The first kappa shape index (κ1) is 15.7. The van der Waals surface area contributed by atoms with E-state index in [0.29, 0.717) is 11.7 Å². The lowest BCUT2D eigenvalue weighted by Crippen LogP contribution is -1.92. The van der Waals surface area contributed by atoms with Crippen molar-refractivity contribution in [3.05, 3.63) is 65.5 Å². The SMILES string of the molecule is COc1ccccc1/C=N\OCc1nc(-c2ccccc2C)no1. The Morgan fingerprint density at radius 3 is 2.75 bits per heavy atom. The van der Waals surface area contributed by atoms with Crippen molar-refractivity contribution < 1.29 is 14.1 Å². The van der Waals surface area contributed by atoms with Gasteiger partial charge < -0.3 is 14.1 Å². The van der Waals surface area contributed by atoms with Crippen molar-refractivity contribution in [2.24, 2.45) is 5.16 Å². The van der Waals surface area contributed by atoms with Crippen LogP contribution in [-0.2, 0) is 11.4 Å². The minimum absolute atomic E-state index is 0.102. The summed E-state index contributed by atoms with van der Waals surface area (Å²) < 4.78 is 10.4. The van der Waals surface area contributed by atoms with E-state index in [-0.39, 0.29) is 6.61 Å². The van der Waals surface area contributed by atoms with Gasteiger partial charge >= 0.3 is 0 Å². The second-order valence-electron chi connectivity index (χ2n) is 5.08. The van der Waals surface area contributed by atoms with Crippen LogP contribution in [0.1, 0.15) is 17.0 Å². The van der Waals surface area contributed by atoms with Gasteiger partial charge in [0, 0.05) is 11.1 Å². The zero-order valence-corrected chi connectivity index (χ0v) is 13.5. The Labute approximate surface area is 139 Å². The first-order valence-corrected chi connectivity index (χ1v) is 7.45. The van der Waals surface area contributed by atoms with Crippen LogP contribution in [0, 0.1) is 6.92 Å². The smallest absolute Gasteiger partial charge is 0.267 e. The number of ether oxygens (including phenoxy) is 1. The number of aromatic nitrogens is 2. The molecule has 6 heteroatoms. The summed E-state index contributed by atoms with van der Waals surface area (Å²) in [5.41, 5.74) is 2.84. The van der Waals surface area contributed by atoms with Gasteiger partial charge in [0.1, 0.15) is 5.75 Å². The van der Waals surface area contributed by atoms with Gasteiger partial charge in [-0.3, -0.25) is 0 Å². The van der Waals surface area contributed by atoms with Crippen molar-refractivity contribution in [3.8, 4) is 17.1 Å². The maximum Gasteiger partial charge on any atom is 0.267 e. The molecule has 0 fully saturated rings. The molecule has 0 saturated carbocycles. The highest BCUT2D eigenvalue weighted by atomic mass is 16.6. The van der Waals surface area contributed by atoms with Gasteiger partial charge in [-0.15, -0.1) is 0 Å². The van der Waals surface area contributed by atoms with E-state index in [1.807, 2.05) is 55.5 Å². The predicted octanol–water partition coefficient (Wildman–Crippen LogP) is 3.60. The number of nitrogens with zero attached hydrogens (tertiary/aromatic N) is 3. The molecule has 122 valence electrons. The fourth-order valence-electron chi connectivity index (χ4n) is 2.21. The van der Waals surface area contributed by atoms with Crippen LogP contribution in [0.3, 0.4) is 0 Å². The van der Waals surface area contributed by atoms with Crippen molar-refractivity contribution >= 4 is 6.21 Å². The van der Waals surface area contributed by atoms with Gasteiger partial charge in [0.25, 0.3) is 5.89 Å². The van der Waals surface area contributed by atoms with E-state index in [2.05, 4.69) is 15.3 Å². The molecule has 0 spiro atoms. The highest BCUT2D eigenvalue weighted by Crippen LogP contribution is 2.20. The number of oxime groups is 1. The Kier molecular flexibility index (Phi) is 4.86. The molecule has 0 aliphatic carbocycles. The van der Waals surface area contributed by atoms with Crippen LogP contribution in [0.25, 0.3) is 11.4 Å². The lowest BCUT2D eigenvalue weighted by molar-refractivity contribution is 0.107. The minimum Gasteiger partial charge on any atom is -0.496 e. The highest BCUT2D eigenvalue weighted by Gasteiger charge is 2.10. The summed E-state index contributed by atoms with van der Waals surface area (Å²) in [6, 6.07) is 15.4. The van der Waals surface area contributed by atoms with Gasteiger partial charge in [0.2, 0.25) is 5.82 Å². The molecule has 0 unspecified atom stereocenters. The normalized spacial score (nSPS) is 10.9. The molecular weight excluding hydrogens is 306 g/mol. The Morgan fingerprint density at radius 2 is 1.92 bits per heavy atom. The van der Waals surface area contributed by atoms with Crippen molar-refractivity contribution in [1.82, 2.24) is 10.1 Å². The lowest BCUT2D eigenvalue weighted by atomic mass is 10.1. The van der Waals surface area contributed by atoms with Crippen LogP contribution < -0.4 is 4.74 Å². The van der Waals surface area contributed by atoms with Gasteiger partial charge in [-0.05, 0) is 24.6 Å². The number of aryl methyl sites for hydroxylation is 1. The minimum atomic E-state index is 0.102. The van der Waals surface area contributed by atoms with Gasteiger partial charge in [-0.2, -0.15) is 4.98 Å². The second-order valence-corrected chi connectivity index (χ2v) is 5.08. The zero-order valence-electron chi connectivity index (χ0n) is 13.5. The number of methoxy groups -OCH3 is 1. The zero-order chi connectivity index (χ0) is 16.8. The number of benzene rings is 2. The largest absolute Gasteiger partial charge is 0.496 e. The molecule has 0 saturated heterocycles. The van der Waals surface area contributed by atoms with Gasteiger partial charge in [-0.25, -0.2) is 0 Å². The fourth-order valence-corrected chi connectivity index (χ4v) is 2.21. The van der Waals surface area contributed by atoms with Crippen LogP contribution in [0.5, 0.6) is 5.75 Å². The van der Waals surface area contributed by atoms with Gasteiger partial charge in [0.15, 0.2) is 6.61 Å². The lowest BCUT2D eigenvalue weighted by Gasteiger charge is -2.02. The molecule has 1 aromatic heterocycles. The molecule has 0 amide bonds. The summed E-state index contributed by atoms with van der Waals surface area (Å²) in [5.74, 6) is 1.63. The molecule has 3 aromatic rings. The third kappa shape index (κ3) is 3.60. The molecule has 6 nitrogen and oxygen atoms in total. The summed E-state index contributed by atoms with van der Waals surface area (Å²) in [6.07, 6.45) is 1.58. The van der Waals surface area contributed by atoms with Crippen molar-refractivity contribution in [2.75, 3.05) is 7.11 Å². The fraction of sp³-hybridized carbons (Fsp3) is 0.167. The van der Waals surface area contributed by atoms with Crippen LogP contribution in [-0.4, -0.2) is 23.5 Å². The average Bonchev–Trinajstić information content (AvgIpc) is 3.08. The summed E-state index contributed by atoms with van der Waals surface area (Å²) in [5, 5.41) is 7.89. The molecule has 1 heterocycles. The number of rotatable bonds is 6. The molecule has 0 radical (unpaired) electrons. The maximum absolute atomic E-state index is 5.24. The molecular formula is C18H17N3O3. The van der Waals surface area contributed by atoms with E-state index in [9.17, 15) is 0 Å². The molecule has 0 N–H and O–H groups in total. The Balaban J connectivity index is 1.62. The standard InChI is InChI=1S/C18H17N3O3/c1-13-7-3-5-9-15(13)18-20-17(24-21-18)12-23-19-11-14-8-4-6-10-16(14)22-2/h3-11H,12H2,1-2H3/b19-11-.